The molecule has 1 unspecified atom stereocenters. The number of carbonyl (C=O) groups excluding carboxylic acids is 2. The molecule has 1 aliphatic heterocycles. The van der Waals surface area contributed by atoms with E-state index in [4.69, 9.17) is 16.3 Å². The van der Waals surface area contributed by atoms with Gasteiger partial charge in [-0.2, -0.15) is 0 Å². The summed E-state index contributed by atoms with van der Waals surface area (Å²) < 4.78 is 20.6. The number of benzene rings is 2. The largest absolute Gasteiger partial charge is 0.457 e. The molecule has 0 radical (unpaired) electrons. The van der Waals surface area contributed by atoms with Crippen LogP contribution in [0.1, 0.15) is 22.3 Å². The summed E-state index contributed by atoms with van der Waals surface area (Å²) in [4.78, 5) is 38.4. The summed E-state index contributed by atoms with van der Waals surface area (Å²) in [7, 11) is 0. The van der Waals surface area contributed by atoms with Crippen LogP contribution in [0.3, 0.4) is 0 Å². The highest BCUT2D eigenvalue weighted by atomic mass is 35.5. The Bertz CT molecular complexity index is 1390. The first-order valence-electron chi connectivity index (χ1n) is 11.0. The molecular formula is C25H21ClFN5O3. The average molecular weight is 494 g/mol. The fraction of sp³-hybridized carbons (Fsp3) is 0.200. The number of aromatic nitrogens is 3. The van der Waals surface area contributed by atoms with Gasteiger partial charge in [0.2, 0.25) is 5.91 Å². The molecule has 1 atom stereocenters. The van der Waals surface area contributed by atoms with Crippen LogP contribution in [0.25, 0.3) is 11.0 Å². The molecule has 0 aliphatic carbocycles. The maximum absolute atomic E-state index is 15.0. The number of nitrogens with zero attached hydrogens (tertiary/aromatic N) is 3. The van der Waals surface area contributed by atoms with Gasteiger partial charge in [-0.05, 0) is 30.7 Å². The number of H-pyrrole nitrogens is 1. The lowest BCUT2D eigenvalue weighted by atomic mass is 10.0. The first kappa shape index (κ1) is 22.8. The van der Waals surface area contributed by atoms with E-state index in [0.717, 1.165) is 0 Å². The lowest BCUT2D eigenvalue weighted by molar-refractivity contribution is -0.127. The molecule has 10 heteroatoms. The van der Waals surface area contributed by atoms with E-state index in [1.165, 1.54) is 24.7 Å². The van der Waals surface area contributed by atoms with E-state index in [9.17, 15) is 14.0 Å². The van der Waals surface area contributed by atoms with Crippen molar-refractivity contribution in [3.8, 4) is 11.5 Å². The molecule has 0 spiro atoms. The number of hydrogen-bond donors (Lipinski definition) is 2. The first-order valence-corrected chi connectivity index (χ1v) is 11.6. The molecule has 2 aromatic heterocycles. The molecule has 2 aromatic carbocycles. The summed E-state index contributed by atoms with van der Waals surface area (Å²) in [6, 6.07) is 13.1. The van der Waals surface area contributed by atoms with Crippen molar-refractivity contribution >= 4 is 40.1 Å². The lowest BCUT2D eigenvalue weighted by Gasteiger charge is -2.16. The first-order chi connectivity index (χ1) is 17.0. The highest BCUT2D eigenvalue weighted by Gasteiger charge is 2.28. The molecule has 8 nitrogen and oxygen atoms in total. The molecule has 0 saturated carbocycles. The van der Waals surface area contributed by atoms with Crippen LogP contribution in [-0.2, 0) is 4.79 Å². The number of para-hydroxylation sites is 1. The normalized spacial score (nSPS) is 15.4. The molecule has 2 N–H and O–H groups in total. The van der Waals surface area contributed by atoms with Gasteiger partial charge in [0.05, 0.1) is 16.5 Å². The minimum atomic E-state index is -0.699. The number of carbonyl (C=O) groups is 2. The topological polar surface area (TPSA) is 100 Å². The molecule has 5 rings (SSSR count). The van der Waals surface area contributed by atoms with E-state index in [2.05, 4.69) is 20.3 Å². The maximum atomic E-state index is 15.0. The van der Waals surface area contributed by atoms with E-state index >= 15 is 0 Å². The Morgan fingerprint density at radius 3 is 2.74 bits per heavy atom. The van der Waals surface area contributed by atoms with Gasteiger partial charge in [-0.1, -0.05) is 18.2 Å². The number of ketones is 1. The molecular weight excluding hydrogens is 473 g/mol. The summed E-state index contributed by atoms with van der Waals surface area (Å²) >= 11 is 5.67. The van der Waals surface area contributed by atoms with Crippen molar-refractivity contribution in [2.45, 2.75) is 12.5 Å². The van der Waals surface area contributed by atoms with Gasteiger partial charge >= 0.3 is 0 Å². The summed E-state index contributed by atoms with van der Waals surface area (Å²) in [6.07, 6.45) is 3.58. The molecule has 1 saturated heterocycles. The number of rotatable bonds is 7. The third-order valence-electron chi connectivity index (χ3n) is 5.87. The Balaban J connectivity index is 1.40. The molecule has 35 heavy (non-hydrogen) atoms. The quantitative estimate of drug-likeness (QED) is 0.293. The van der Waals surface area contributed by atoms with E-state index in [1.54, 1.807) is 23.1 Å². The van der Waals surface area contributed by atoms with E-state index in [-0.39, 0.29) is 34.7 Å². The second-order valence-electron chi connectivity index (χ2n) is 8.14. The summed E-state index contributed by atoms with van der Waals surface area (Å²) in [6.45, 7) is 1.06. The van der Waals surface area contributed by atoms with Crippen molar-refractivity contribution in [1.82, 2.24) is 19.9 Å². The summed E-state index contributed by atoms with van der Waals surface area (Å²) in [5, 5.41) is 3.76. The van der Waals surface area contributed by atoms with Crippen molar-refractivity contribution in [2.75, 3.05) is 24.3 Å². The van der Waals surface area contributed by atoms with Crippen LogP contribution in [0.15, 0.2) is 61.1 Å². The number of alkyl halides is 1. The SMILES string of the molecule is O=C(c1ccc(Oc2ccccc2)cc1F)c1c[nH]c2ncnc(NC3CCN(C(=O)CCl)C3)c12. The minimum absolute atomic E-state index is 0.0655. The highest BCUT2D eigenvalue weighted by molar-refractivity contribution is 6.27. The number of halogens is 2. The number of hydrogen-bond acceptors (Lipinski definition) is 6. The number of ether oxygens (including phenoxy) is 1. The summed E-state index contributed by atoms with van der Waals surface area (Å²) in [5.41, 5.74) is 0.591. The van der Waals surface area contributed by atoms with Gasteiger partial charge in [-0.15, -0.1) is 11.6 Å². The molecule has 0 bridgehead atoms. The number of amides is 1. The highest BCUT2D eigenvalue weighted by Crippen LogP contribution is 2.29. The van der Waals surface area contributed by atoms with Crippen LogP contribution in [0.2, 0.25) is 0 Å². The molecule has 1 aliphatic rings. The van der Waals surface area contributed by atoms with E-state index in [1.807, 2.05) is 18.2 Å². The number of nitrogens with one attached hydrogen (secondary N) is 2. The third kappa shape index (κ3) is 4.67. The minimum Gasteiger partial charge on any atom is -0.457 e. The zero-order valence-electron chi connectivity index (χ0n) is 18.5. The average Bonchev–Trinajstić information content (AvgIpc) is 3.52. The second kappa shape index (κ2) is 9.71. The van der Waals surface area contributed by atoms with Gasteiger partial charge in [0.1, 0.15) is 41.0 Å². The van der Waals surface area contributed by atoms with Gasteiger partial charge in [0.25, 0.3) is 0 Å². The number of anilines is 1. The zero-order valence-corrected chi connectivity index (χ0v) is 19.3. The Hall–Kier alpha value is -3.98. The Morgan fingerprint density at radius 2 is 1.97 bits per heavy atom. The standard InChI is InChI=1S/C25H21ClFN5O3/c26-11-21(33)32-9-8-15(13-32)31-25-22-19(12-28-24(22)29-14-30-25)23(34)18-7-6-17(10-20(18)27)35-16-4-2-1-3-5-16/h1-7,10,12,14-15H,8-9,11,13H2,(H2,28,29,30,31). The number of fused-ring (bicyclic) bond motifs is 1. The van der Waals surface area contributed by atoms with Crippen LogP contribution in [0.5, 0.6) is 11.5 Å². The van der Waals surface area contributed by atoms with Gasteiger partial charge < -0.3 is 19.9 Å². The fourth-order valence-electron chi connectivity index (χ4n) is 4.15. The predicted octanol–water partition coefficient (Wildman–Crippen LogP) is 4.37. The van der Waals surface area contributed by atoms with Gasteiger partial charge in [0, 0.05) is 31.4 Å². The van der Waals surface area contributed by atoms with Crippen LogP contribution in [0, 0.1) is 5.82 Å². The molecule has 178 valence electrons. The fourth-order valence-corrected chi connectivity index (χ4v) is 4.32. The number of likely N-dealkylation sites (tertiary alicyclic amines) is 1. The second-order valence-corrected chi connectivity index (χ2v) is 8.40. The number of aromatic amines is 1. The van der Waals surface area contributed by atoms with Gasteiger partial charge in [-0.25, -0.2) is 14.4 Å². The van der Waals surface area contributed by atoms with Crippen molar-refractivity contribution in [1.29, 1.82) is 0 Å². The van der Waals surface area contributed by atoms with Gasteiger partial charge in [-0.3, -0.25) is 9.59 Å². The van der Waals surface area contributed by atoms with Crippen molar-refractivity contribution in [3.63, 3.8) is 0 Å². The Morgan fingerprint density at radius 1 is 1.14 bits per heavy atom. The van der Waals surface area contributed by atoms with E-state index < -0.39 is 11.6 Å². The van der Waals surface area contributed by atoms with Crippen LogP contribution < -0.4 is 10.1 Å². The van der Waals surface area contributed by atoms with Crippen molar-refractivity contribution < 1.29 is 18.7 Å². The summed E-state index contributed by atoms with van der Waals surface area (Å²) in [5.74, 6) is -0.119. The van der Waals surface area contributed by atoms with E-state index in [0.29, 0.717) is 42.1 Å². The molecule has 1 amide bonds. The molecule has 1 fully saturated rings. The van der Waals surface area contributed by atoms with Gasteiger partial charge in [0.15, 0.2) is 5.78 Å². The predicted molar refractivity (Wildman–Crippen MR) is 130 cm³/mol. The Kier molecular flexibility index (Phi) is 6.33. The smallest absolute Gasteiger partial charge is 0.237 e. The maximum Gasteiger partial charge on any atom is 0.237 e. The van der Waals surface area contributed by atoms with Crippen LogP contribution in [-0.4, -0.2) is 56.6 Å². The Labute approximate surface area is 205 Å². The van der Waals surface area contributed by atoms with Crippen molar-refractivity contribution in [3.05, 3.63) is 78.0 Å². The molecule has 4 aromatic rings. The van der Waals surface area contributed by atoms with Crippen LogP contribution >= 0.6 is 11.6 Å². The third-order valence-corrected chi connectivity index (χ3v) is 6.10. The van der Waals surface area contributed by atoms with Crippen LogP contribution in [0.4, 0.5) is 10.2 Å². The molecule has 3 heterocycles. The lowest BCUT2D eigenvalue weighted by Crippen LogP contribution is -2.32. The zero-order chi connectivity index (χ0) is 24.4. The monoisotopic (exact) mass is 493 g/mol. The van der Waals surface area contributed by atoms with Crippen molar-refractivity contribution in [2.24, 2.45) is 0 Å².